The Morgan fingerprint density at radius 1 is 1.10 bits per heavy atom. The molecule has 162 valence electrons. The molecule has 8 heteroatoms. The minimum atomic E-state index is -0.329. The Morgan fingerprint density at radius 3 is 2.65 bits per heavy atom. The topological polar surface area (TPSA) is 86.1 Å². The number of hydrogen-bond donors (Lipinski definition) is 1. The third kappa shape index (κ3) is 4.97. The Morgan fingerprint density at radius 2 is 1.94 bits per heavy atom. The van der Waals surface area contributed by atoms with Gasteiger partial charge in [-0.2, -0.15) is 0 Å². The van der Waals surface area contributed by atoms with Crippen molar-refractivity contribution in [2.45, 2.75) is 6.42 Å². The molecule has 1 N–H and O–H groups in total. The molecule has 1 aliphatic heterocycles. The molecule has 1 amide bonds. The van der Waals surface area contributed by atoms with Crippen molar-refractivity contribution in [1.29, 1.82) is 0 Å². The summed E-state index contributed by atoms with van der Waals surface area (Å²) >= 11 is 0. The molecule has 3 aromatic rings. The van der Waals surface area contributed by atoms with Crippen LogP contribution in [0.2, 0.25) is 0 Å². The number of benzene rings is 1. The number of nitrogens with zero attached hydrogens (tertiary/aromatic N) is 2. The smallest absolute Gasteiger partial charge is 0.291 e. The van der Waals surface area contributed by atoms with Crippen molar-refractivity contribution >= 4 is 17.4 Å². The van der Waals surface area contributed by atoms with E-state index in [2.05, 4.69) is 15.2 Å². The van der Waals surface area contributed by atoms with Crippen LogP contribution < -0.4 is 19.7 Å². The van der Waals surface area contributed by atoms with Crippen molar-refractivity contribution in [1.82, 2.24) is 4.98 Å². The molecule has 1 aliphatic rings. The molecule has 1 fully saturated rings. The van der Waals surface area contributed by atoms with Crippen LogP contribution in [0.15, 0.2) is 53.1 Å². The Kier molecular flexibility index (Phi) is 6.37. The molecule has 31 heavy (non-hydrogen) atoms. The van der Waals surface area contributed by atoms with E-state index in [4.69, 9.17) is 18.6 Å². The summed E-state index contributed by atoms with van der Waals surface area (Å²) in [6.07, 6.45) is 2.12. The van der Waals surface area contributed by atoms with Crippen LogP contribution in [0.3, 0.4) is 0 Å². The molecule has 0 aliphatic carbocycles. The number of nitrogens with one attached hydrogen (secondary N) is 1. The average Bonchev–Trinajstić information content (AvgIpc) is 3.29. The number of methoxy groups -OCH3 is 2. The van der Waals surface area contributed by atoms with Gasteiger partial charge in [-0.1, -0.05) is 0 Å². The van der Waals surface area contributed by atoms with Gasteiger partial charge in [-0.15, -0.1) is 0 Å². The van der Waals surface area contributed by atoms with E-state index in [1.54, 1.807) is 32.5 Å². The lowest BCUT2D eigenvalue weighted by Gasteiger charge is -2.27. The van der Waals surface area contributed by atoms with Crippen LogP contribution in [-0.4, -0.2) is 51.4 Å². The molecule has 3 heterocycles. The fourth-order valence-electron chi connectivity index (χ4n) is 3.43. The Hall–Kier alpha value is -3.52. The van der Waals surface area contributed by atoms with Gasteiger partial charge >= 0.3 is 0 Å². The molecular formula is C23H25N3O5. The van der Waals surface area contributed by atoms with E-state index in [9.17, 15) is 4.79 Å². The van der Waals surface area contributed by atoms with Gasteiger partial charge in [0.1, 0.15) is 23.1 Å². The Labute approximate surface area is 180 Å². The molecule has 1 aromatic carbocycles. The monoisotopic (exact) mass is 423 g/mol. The van der Waals surface area contributed by atoms with Crippen LogP contribution in [0.1, 0.15) is 21.9 Å². The molecule has 2 aromatic heterocycles. The van der Waals surface area contributed by atoms with Gasteiger partial charge < -0.3 is 28.8 Å². The van der Waals surface area contributed by atoms with Gasteiger partial charge in [0.05, 0.1) is 39.3 Å². The number of hydrogen-bond acceptors (Lipinski definition) is 7. The summed E-state index contributed by atoms with van der Waals surface area (Å²) in [5.41, 5.74) is 1.51. The van der Waals surface area contributed by atoms with E-state index in [0.29, 0.717) is 31.1 Å². The number of carbonyl (C=O) groups excluding carboxylic acids is 1. The summed E-state index contributed by atoms with van der Waals surface area (Å²) in [7, 11) is 3.23. The minimum Gasteiger partial charge on any atom is -0.497 e. The fourth-order valence-corrected chi connectivity index (χ4v) is 3.43. The van der Waals surface area contributed by atoms with Gasteiger partial charge in [0.15, 0.2) is 5.76 Å². The zero-order chi connectivity index (χ0) is 21.6. The van der Waals surface area contributed by atoms with Crippen molar-refractivity contribution in [3.8, 4) is 11.5 Å². The van der Waals surface area contributed by atoms with Crippen molar-refractivity contribution in [3.63, 3.8) is 0 Å². The molecule has 0 unspecified atom stereocenters. The first-order chi connectivity index (χ1) is 15.2. The van der Waals surface area contributed by atoms with E-state index < -0.39 is 0 Å². The molecule has 0 bridgehead atoms. The maximum Gasteiger partial charge on any atom is 0.291 e. The number of ether oxygens (including phenoxy) is 3. The summed E-state index contributed by atoms with van der Waals surface area (Å²) in [4.78, 5) is 19.2. The number of amides is 1. The predicted molar refractivity (Wildman–Crippen MR) is 116 cm³/mol. The molecule has 0 atom stereocenters. The van der Waals surface area contributed by atoms with Gasteiger partial charge in [0.25, 0.3) is 5.91 Å². The summed E-state index contributed by atoms with van der Waals surface area (Å²) < 4.78 is 21.8. The van der Waals surface area contributed by atoms with E-state index in [1.807, 2.05) is 30.3 Å². The SMILES string of the molecule is COc1ccc(OC)c(Cc2ccc(C(=O)Nc3ccc(N4CCOCC4)nc3)o2)c1. The van der Waals surface area contributed by atoms with Crippen molar-refractivity contribution in [3.05, 3.63) is 65.7 Å². The highest BCUT2D eigenvalue weighted by molar-refractivity contribution is 6.02. The van der Waals surface area contributed by atoms with Crippen LogP contribution in [0.4, 0.5) is 11.5 Å². The first-order valence-electron chi connectivity index (χ1n) is 10.1. The summed E-state index contributed by atoms with van der Waals surface area (Å²) in [6.45, 7) is 3.02. The lowest BCUT2D eigenvalue weighted by Crippen LogP contribution is -2.36. The second kappa shape index (κ2) is 9.53. The molecule has 8 nitrogen and oxygen atoms in total. The quantitative estimate of drug-likeness (QED) is 0.623. The minimum absolute atomic E-state index is 0.231. The lowest BCUT2D eigenvalue weighted by atomic mass is 10.1. The Balaban J connectivity index is 1.40. The van der Waals surface area contributed by atoms with E-state index in [0.717, 1.165) is 36.0 Å². The van der Waals surface area contributed by atoms with E-state index >= 15 is 0 Å². The van der Waals surface area contributed by atoms with Crippen LogP contribution in [-0.2, 0) is 11.2 Å². The van der Waals surface area contributed by atoms with Crippen molar-refractivity contribution in [2.24, 2.45) is 0 Å². The maximum atomic E-state index is 12.6. The number of furan rings is 1. The number of anilines is 2. The van der Waals surface area contributed by atoms with Crippen LogP contribution >= 0.6 is 0 Å². The fraction of sp³-hybridized carbons (Fsp3) is 0.304. The molecular weight excluding hydrogens is 398 g/mol. The van der Waals surface area contributed by atoms with Crippen LogP contribution in [0, 0.1) is 0 Å². The third-order valence-corrected chi connectivity index (χ3v) is 5.08. The molecule has 4 rings (SSSR count). The second-order valence-electron chi connectivity index (χ2n) is 7.08. The number of carbonyl (C=O) groups is 1. The lowest BCUT2D eigenvalue weighted by molar-refractivity contribution is 0.0995. The van der Waals surface area contributed by atoms with Crippen molar-refractivity contribution in [2.75, 3.05) is 50.7 Å². The van der Waals surface area contributed by atoms with Gasteiger partial charge in [-0.3, -0.25) is 4.79 Å². The van der Waals surface area contributed by atoms with E-state index in [-0.39, 0.29) is 11.7 Å². The number of morpholine rings is 1. The highest BCUT2D eigenvalue weighted by atomic mass is 16.5. The molecule has 0 radical (unpaired) electrons. The standard InChI is InChI=1S/C23H25N3O5/c1-28-18-4-6-20(29-2)16(13-18)14-19-5-7-21(31-19)23(27)25-17-3-8-22(24-15-17)26-9-11-30-12-10-26/h3-8,13,15H,9-12,14H2,1-2H3,(H,25,27). The second-order valence-corrected chi connectivity index (χ2v) is 7.08. The van der Waals surface area contributed by atoms with Crippen LogP contribution in [0.25, 0.3) is 0 Å². The summed E-state index contributed by atoms with van der Waals surface area (Å²) in [5, 5.41) is 2.82. The number of aromatic nitrogens is 1. The summed E-state index contributed by atoms with van der Waals surface area (Å²) in [6, 6.07) is 12.7. The molecule has 1 saturated heterocycles. The third-order valence-electron chi connectivity index (χ3n) is 5.08. The number of pyridine rings is 1. The first-order valence-corrected chi connectivity index (χ1v) is 10.1. The zero-order valence-corrected chi connectivity index (χ0v) is 17.6. The highest BCUT2D eigenvalue weighted by Crippen LogP contribution is 2.27. The Bertz CT molecular complexity index is 1030. The first kappa shape index (κ1) is 20.7. The average molecular weight is 423 g/mol. The molecule has 0 spiro atoms. The maximum absolute atomic E-state index is 12.6. The van der Waals surface area contributed by atoms with Crippen LogP contribution in [0.5, 0.6) is 11.5 Å². The zero-order valence-electron chi connectivity index (χ0n) is 17.6. The van der Waals surface area contributed by atoms with E-state index in [1.165, 1.54) is 0 Å². The molecule has 0 saturated carbocycles. The van der Waals surface area contributed by atoms with Gasteiger partial charge in [-0.25, -0.2) is 4.98 Å². The number of rotatable bonds is 7. The highest BCUT2D eigenvalue weighted by Gasteiger charge is 2.15. The van der Waals surface area contributed by atoms with Gasteiger partial charge in [0.2, 0.25) is 0 Å². The normalized spacial score (nSPS) is 13.7. The van der Waals surface area contributed by atoms with Gasteiger partial charge in [-0.05, 0) is 42.5 Å². The van der Waals surface area contributed by atoms with Gasteiger partial charge in [0, 0.05) is 25.1 Å². The summed E-state index contributed by atoms with van der Waals surface area (Å²) in [5.74, 6) is 2.88. The van der Waals surface area contributed by atoms with Crippen molar-refractivity contribution < 1.29 is 23.4 Å². The predicted octanol–water partition coefficient (Wildman–Crippen LogP) is 3.37. The largest absolute Gasteiger partial charge is 0.497 e.